The molecule has 0 saturated carbocycles. The fourth-order valence-corrected chi connectivity index (χ4v) is 5.15. The van der Waals surface area contributed by atoms with Crippen LogP contribution in [0.1, 0.15) is 65.4 Å². The lowest BCUT2D eigenvalue weighted by Crippen LogP contribution is -2.56. The lowest BCUT2D eigenvalue weighted by atomic mass is 9.96. The number of hydrogen-bond donors (Lipinski definition) is 1. The lowest BCUT2D eigenvalue weighted by molar-refractivity contribution is -0.144. The molecule has 0 aliphatic carbocycles. The van der Waals surface area contributed by atoms with Crippen molar-refractivity contribution in [2.75, 3.05) is 26.2 Å². The highest BCUT2D eigenvalue weighted by molar-refractivity contribution is 5.80. The van der Waals surface area contributed by atoms with Gasteiger partial charge in [-0.2, -0.15) is 0 Å². The number of nitrogens with zero attached hydrogens (tertiary/aromatic N) is 3. The molecular formula is C26H41N3O4. The number of carbonyl (C=O) groups is 2. The summed E-state index contributed by atoms with van der Waals surface area (Å²) in [6, 6.07) is 10.2. The van der Waals surface area contributed by atoms with Gasteiger partial charge in [-0.3, -0.25) is 9.80 Å². The summed E-state index contributed by atoms with van der Waals surface area (Å²) in [6.45, 7) is 12.3. The summed E-state index contributed by atoms with van der Waals surface area (Å²) in [7, 11) is 0. The minimum atomic E-state index is -0.962. The van der Waals surface area contributed by atoms with Crippen molar-refractivity contribution in [2.24, 2.45) is 0 Å². The summed E-state index contributed by atoms with van der Waals surface area (Å²) >= 11 is 0. The topological polar surface area (TPSA) is 73.3 Å². The number of likely N-dealkylation sites (tertiary alicyclic amines) is 2. The van der Waals surface area contributed by atoms with Gasteiger partial charge in [0.15, 0.2) is 0 Å². The molecule has 184 valence electrons. The third-order valence-electron chi connectivity index (χ3n) is 6.83. The van der Waals surface area contributed by atoms with Crippen LogP contribution in [0.15, 0.2) is 30.3 Å². The van der Waals surface area contributed by atoms with Crippen molar-refractivity contribution >= 4 is 12.1 Å². The van der Waals surface area contributed by atoms with E-state index in [4.69, 9.17) is 4.74 Å². The Kier molecular flexibility index (Phi) is 8.76. The quantitative estimate of drug-likeness (QED) is 0.658. The molecule has 7 nitrogen and oxygen atoms in total. The minimum Gasteiger partial charge on any atom is -0.480 e. The second-order valence-electron chi connectivity index (χ2n) is 10.4. The summed E-state index contributed by atoms with van der Waals surface area (Å²) in [5.74, 6) is -0.962. The maximum absolute atomic E-state index is 13.0. The molecule has 2 fully saturated rings. The predicted molar refractivity (Wildman–Crippen MR) is 129 cm³/mol. The molecule has 1 amide bonds. The van der Waals surface area contributed by atoms with Crippen molar-refractivity contribution in [1.29, 1.82) is 0 Å². The van der Waals surface area contributed by atoms with E-state index >= 15 is 0 Å². The van der Waals surface area contributed by atoms with Crippen LogP contribution in [0.3, 0.4) is 0 Å². The molecule has 0 spiro atoms. The zero-order valence-electron chi connectivity index (χ0n) is 20.7. The Bertz CT molecular complexity index is 763. The van der Waals surface area contributed by atoms with E-state index < -0.39 is 23.7 Å². The van der Waals surface area contributed by atoms with Crippen LogP contribution < -0.4 is 0 Å². The third kappa shape index (κ3) is 7.18. The number of amides is 1. The van der Waals surface area contributed by atoms with Crippen molar-refractivity contribution in [1.82, 2.24) is 14.7 Å². The van der Waals surface area contributed by atoms with Gasteiger partial charge in [0.25, 0.3) is 0 Å². The molecule has 1 aromatic carbocycles. The maximum Gasteiger partial charge on any atom is 0.411 e. The molecule has 33 heavy (non-hydrogen) atoms. The highest BCUT2D eigenvalue weighted by Gasteiger charge is 2.39. The van der Waals surface area contributed by atoms with Crippen LogP contribution >= 0.6 is 0 Å². The lowest BCUT2D eigenvalue weighted by Gasteiger charge is -2.45. The molecule has 2 heterocycles. The predicted octanol–water partition coefficient (Wildman–Crippen LogP) is 4.22. The number of piperidine rings is 2. The summed E-state index contributed by atoms with van der Waals surface area (Å²) < 4.78 is 5.59. The molecule has 2 aliphatic rings. The third-order valence-corrected chi connectivity index (χ3v) is 6.83. The first-order chi connectivity index (χ1) is 15.7. The molecule has 7 heteroatoms. The van der Waals surface area contributed by atoms with Gasteiger partial charge in [0.05, 0.1) is 0 Å². The molecule has 0 radical (unpaired) electrons. The van der Waals surface area contributed by atoms with Crippen LogP contribution in [0.4, 0.5) is 4.79 Å². The smallest absolute Gasteiger partial charge is 0.411 e. The number of carboxylic acid groups (broad SMARTS) is 1. The molecule has 1 atom stereocenters. The van der Waals surface area contributed by atoms with E-state index in [1.165, 1.54) is 10.5 Å². The van der Waals surface area contributed by atoms with Gasteiger partial charge in [-0.1, -0.05) is 37.3 Å². The zero-order chi connectivity index (χ0) is 24.0. The van der Waals surface area contributed by atoms with Crippen molar-refractivity contribution in [2.45, 2.75) is 90.1 Å². The highest BCUT2D eigenvalue weighted by atomic mass is 16.6. The normalized spacial score (nSPS) is 20.4. The SMILES string of the molecule is CCC(C(=O)O)N(C(=O)OC(C)(C)C)C1CCN(C2CCN(Cc3ccccc3)CC2)CC1. The van der Waals surface area contributed by atoms with E-state index in [9.17, 15) is 14.7 Å². The maximum atomic E-state index is 13.0. The summed E-state index contributed by atoms with van der Waals surface area (Å²) in [5.41, 5.74) is 0.712. The number of hydrogen-bond acceptors (Lipinski definition) is 5. The van der Waals surface area contributed by atoms with Gasteiger partial charge in [0.2, 0.25) is 0 Å². The molecule has 0 aromatic heterocycles. The van der Waals surface area contributed by atoms with Crippen LogP contribution in [0.5, 0.6) is 0 Å². The minimum absolute atomic E-state index is 0.102. The fourth-order valence-electron chi connectivity index (χ4n) is 5.15. The van der Waals surface area contributed by atoms with Gasteiger partial charge in [-0.25, -0.2) is 9.59 Å². The number of aliphatic carboxylic acids is 1. The van der Waals surface area contributed by atoms with E-state index in [2.05, 4.69) is 40.1 Å². The molecule has 2 aliphatic heterocycles. The number of carboxylic acids is 1. The average Bonchev–Trinajstić information content (AvgIpc) is 2.77. The molecular weight excluding hydrogens is 418 g/mol. The summed E-state index contributed by atoms with van der Waals surface area (Å²) in [5, 5.41) is 9.74. The number of rotatable bonds is 7. The summed E-state index contributed by atoms with van der Waals surface area (Å²) in [6.07, 6.45) is 3.74. The standard InChI is InChI=1S/C26H41N3O4/c1-5-23(24(30)31)29(25(32)33-26(2,3)4)22-13-17-28(18-14-22)21-11-15-27(16-12-21)19-20-9-7-6-8-10-20/h6-10,21-23H,5,11-19H2,1-4H3,(H,30,31). The largest absolute Gasteiger partial charge is 0.480 e. The van der Waals surface area contributed by atoms with Crippen LogP contribution in [-0.2, 0) is 16.1 Å². The van der Waals surface area contributed by atoms with E-state index in [-0.39, 0.29) is 6.04 Å². The number of carbonyl (C=O) groups excluding carboxylic acids is 1. The van der Waals surface area contributed by atoms with Crippen LogP contribution in [0.2, 0.25) is 0 Å². The monoisotopic (exact) mass is 459 g/mol. The molecule has 1 aromatic rings. The summed E-state index contributed by atoms with van der Waals surface area (Å²) in [4.78, 5) is 31.4. The van der Waals surface area contributed by atoms with Gasteiger partial charge in [0, 0.05) is 31.7 Å². The van der Waals surface area contributed by atoms with Crippen molar-refractivity contribution in [3.05, 3.63) is 35.9 Å². The molecule has 3 rings (SSSR count). The van der Waals surface area contributed by atoms with Crippen molar-refractivity contribution in [3.8, 4) is 0 Å². The van der Waals surface area contributed by atoms with Crippen molar-refractivity contribution < 1.29 is 19.4 Å². The first kappa shape index (κ1) is 25.5. The zero-order valence-corrected chi connectivity index (χ0v) is 20.7. The Morgan fingerprint density at radius 1 is 1.06 bits per heavy atom. The van der Waals surface area contributed by atoms with Crippen molar-refractivity contribution in [3.63, 3.8) is 0 Å². The van der Waals surface area contributed by atoms with Crippen LogP contribution in [0.25, 0.3) is 0 Å². The number of benzene rings is 1. The van der Waals surface area contributed by atoms with E-state index in [0.29, 0.717) is 12.5 Å². The Hall–Kier alpha value is -2.12. The second-order valence-corrected chi connectivity index (χ2v) is 10.4. The van der Waals surface area contributed by atoms with E-state index in [0.717, 1.165) is 58.4 Å². The van der Waals surface area contributed by atoms with Gasteiger partial charge in [0.1, 0.15) is 11.6 Å². The van der Waals surface area contributed by atoms with Gasteiger partial charge in [-0.05, 0) is 71.5 Å². The van der Waals surface area contributed by atoms with E-state index in [1.807, 2.05) is 27.7 Å². The Morgan fingerprint density at radius 2 is 1.67 bits per heavy atom. The average molecular weight is 460 g/mol. The molecule has 0 bridgehead atoms. The Morgan fingerprint density at radius 3 is 2.18 bits per heavy atom. The van der Waals surface area contributed by atoms with E-state index in [1.54, 1.807) is 0 Å². The van der Waals surface area contributed by atoms with Gasteiger partial charge < -0.3 is 14.7 Å². The Balaban J connectivity index is 1.54. The fraction of sp³-hybridized carbons (Fsp3) is 0.692. The highest BCUT2D eigenvalue weighted by Crippen LogP contribution is 2.27. The van der Waals surface area contributed by atoms with Gasteiger partial charge >= 0.3 is 12.1 Å². The number of ether oxygens (including phenoxy) is 1. The second kappa shape index (κ2) is 11.3. The van der Waals surface area contributed by atoms with Crippen LogP contribution in [-0.4, -0.2) is 81.8 Å². The molecule has 1 unspecified atom stereocenters. The Labute approximate surface area is 198 Å². The molecule has 1 N–H and O–H groups in total. The first-order valence-corrected chi connectivity index (χ1v) is 12.4. The van der Waals surface area contributed by atoms with Gasteiger partial charge in [-0.15, -0.1) is 0 Å². The van der Waals surface area contributed by atoms with Crippen LogP contribution in [0, 0.1) is 0 Å². The molecule has 2 saturated heterocycles. The first-order valence-electron chi connectivity index (χ1n) is 12.4.